The molecule has 20 heavy (non-hydrogen) atoms. The molecule has 1 heterocycles. The van der Waals surface area contributed by atoms with Crippen LogP contribution in [0.5, 0.6) is 5.75 Å². The molecule has 1 aromatic carbocycles. The lowest BCUT2D eigenvalue weighted by molar-refractivity contribution is 0.231. The van der Waals surface area contributed by atoms with Gasteiger partial charge in [-0.15, -0.1) is 0 Å². The van der Waals surface area contributed by atoms with Gasteiger partial charge in [0, 0.05) is 38.8 Å². The molecule has 1 aromatic rings. The van der Waals surface area contributed by atoms with Crippen LogP contribution >= 0.6 is 0 Å². The summed E-state index contributed by atoms with van der Waals surface area (Å²) >= 11 is 0. The summed E-state index contributed by atoms with van der Waals surface area (Å²) < 4.78 is 5.27. The van der Waals surface area contributed by atoms with E-state index in [1.165, 1.54) is 0 Å². The van der Waals surface area contributed by atoms with Crippen molar-refractivity contribution in [2.75, 3.05) is 44.7 Å². The van der Waals surface area contributed by atoms with Crippen LogP contribution in [-0.4, -0.2) is 44.7 Å². The average Bonchev–Trinajstić information content (AvgIpc) is 2.46. The van der Waals surface area contributed by atoms with E-state index in [1.807, 2.05) is 18.2 Å². The number of piperazine rings is 1. The Morgan fingerprint density at radius 3 is 2.50 bits per heavy atom. The van der Waals surface area contributed by atoms with Crippen LogP contribution in [0.3, 0.4) is 0 Å². The molecule has 4 heteroatoms. The average molecular weight is 273 g/mol. The summed E-state index contributed by atoms with van der Waals surface area (Å²) in [6, 6.07) is 7.93. The van der Waals surface area contributed by atoms with Gasteiger partial charge >= 0.3 is 0 Å². The molecule has 4 nitrogen and oxygen atoms in total. The van der Waals surface area contributed by atoms with Gasteiger partial charge in [-0.3, -0.25) is 4.90 Å². The molecule has 0 atom stereocenters. The molecule has 0 radical (unpaired) electrons. The second kappa shape index (κ2) is 6.62. The van der Waals surface area contributed by atoms with Crippen LogP contribution in [0, 0.1) is 17.2 Å². The number of anilines is 1. The summed E-state index contributed by atoms with van der Waals surface area (Å²) in [5, 5.41) is 9.26. The summed E-state index contributed by atoms with van der Waals surface area (Å²) in [7, 11) is 1.66. The third kappa shape index (κ3) is 3.43. The fourth-order valence-electron chi connectivity index (χ4n) is 2.68. The highest BCUT2D eigenvalue weighted by Gasteiger charge is 2.20. The number of nitriles is 1. The molecule has 1 fully saturated rings. The smallest absolute Gasteiger partial charge is 0.121 e. The first-order chi connectivity index (χ1) is 9.63. The zero-order valence-corrected chi connectivity index (χ0v) is 12.6. The molecule has 0 saturated carbocycles. The van der Waals surface area contributed by atoms with E-state index in [4.69, 9.17) is 4.74 Å². The summed E-state index contributed by atoms with van der Waals surface area (Å²) in [5.41, 5.74) is 1.72. The number of nitrogens with zero attached hydrogens (tertiary/aromatic N) is 3. The van der Waals surface area contributed by atoms with E-state index in [0.717, 1.165) is 49.7 Å². The third-order valence-electron chi connectivity index (χ3n) is 3.66. The molecule has 108 valence electrons. The minimum atomic E-state index is 0.702. The Labute approximate surface area is 121 Å². The topological polar surface area (TPSA) is 39.5 Å². The van der Waals surface area contributed by atoms with E-state index in [2.05, 4.69) is 29.7 Å². The van der Waals surface area contributed by atoms with E-state index < -0.39 is 0 Å². The minimum Gasteiger partial charge on any atom is -0.497 e. The molecule has 0 spiro atoms. The molecule has 0 aliphatic carbocycles. The number of methoxy groups -OCH3 is 1. The van der Waals surface area contributed by atoms with Gasteiger partial charge in [-0.2, -0.15) is 5.26 Å². The highest BCUT2D eigenvalue weighted by molar-refractivity contribution is 5.62. The Morgan fingerprint density at radius 1 is 1.25 bits per heavy atom. The highest BCUT2D eigenvalue weighted by atomic mass is 16.5. The van der Waals surface area contributed by atoms with Crippen molar-refractivity contribution in [2.24, 2.45) is 5.92 Å². The molecule has 1 aliphatic rings. The maximum atomic E-state index is 9.26. The zero-order valence-electron chi connectivity index (χ0n) is 12.6. The maximum absolute atomic E-state index is 9.26. The molecule has 1 saturated heterocycles. The molecule has 2 rings (SSSR count). The first-order valence-electron chi connectivity index (χ1n) is 7.19. The van der Waals surface area contributed by atoms with E-state index in [0.29, 0.717) is 5.92 Å². The fourth-order valence-corrected chi connectivity index (χ4v) is 2.68. The van der Waals surface area contributed by atoms with E-state index >= 15 is 0 Å². The molecular weight excluding hydrogens is 250 g/mol. The lowest BCUT2D eigenvalue weighted by Crippen LogP contribution is -2.47. The van der Waals surface area contributed by atoms with Crippen LogP contribution in [0.15, 0.2) is 18.2 Å². The van der Waals surface area contributed by atoms with Gasteiger partial charge in [0.05, 0.1) is 18.4 Å². The van der Waals surface area contributed by atoms with Crippen LogP contribution in [0.25, 0.3) is 0 Å². The van der Waals surface area contributed by atoms with Crippen molar-refractivity contribution in [1.82, 2.24) is 4.90 Å². The number of hydrogen-bond acceptors (Lipinski definition) is 4. The predicted molar refractivity (Wildman–Crippen MR) is 81.2 cm³/mol. The van der Waals surface area contributed by atoms with Crippen molar-refractivity contribution in [3.05, 3.63) is 23.8 Å². The number of ether oxygens (including phenoxy) is 1. The maximum Gasteiger partial charge on any atom is 0.121 e. The van der Waals surface area contributed by atoms with Crippen LogP contribution in [-0.2, 0) is 0 Å². The number of rotatable bonds is 4. The molecule has 0 aromatic heterocycles. The van der Waals surface area contributed by atoms with Gasteiger partial charge < -0.3 is 9.64 Å². The normalized spacial score (nSPS) is 16.2. The second-order valence-corrected chi connectivity index (χ2v) is 5.68. The molecule has 1 aliphatic heterocycles. The summed E-state index contributed by atoms with van der Waals surface area (Å²) in [4.78, 5) is 4.78. The van der Waals surface area contributed by atoms with Gasteiger partial charge in [-0.05, 0) is 18.1 Å². The van der Waals surface area contributed by atoms with Crippen LogP contribution in [0.2, 0.25) is 0 Å². The van der Waals surface area contributed by atoms with Gasteiger partial charge in [0.15, 0.2) is 0 Å². The Morgan fingerprint density at radius 2 is 1.95 bits per heavy atom. The van der Waals surface area contributed by atoms with Crippen molar-refractivity contribution >= 4 is 5.69 Å². The van der Waals surface area contributed by atoms with Crippen LogP contribution in [0.4, 0.5) is 5.69 Å². The summed E-state index contributed by atoms with van der Waals surface area (Å²) in [6.07, 6.45) is 0. The van der Waals surface area contributed by atoms with E-state index in [9.17, 15) is 5.26 Å². The van der Waals surface area contributed by atoms with Crippen molar-refractivity contribution in [1.29, 1.82) is 5.26 Å². The van der Waals surface area contributed by atoms with Gasteiger partial charge in [-0.1, -0.05) is 13.8 Å². The SMILES string of the molecule is COc1ccc(C#N)c(N2CCN(CC(C)C)CC2)c1. The summed E-state index contributed by atoms with van der Waals surface area (Å²) in [5.74, 6) is 1.51. The number of benzene rings is 1. The monoisotopic (exact) mass is 273 g/mol. The molecular formula is C16H23N3O. The Kier molecular flexibility index (Phi) is 4.86. The first-order valence-corrected chi connectivity index (χ1v) is 7.19. The fraction of sp³-hybridized carbons (Fsp3) is 0.562. The highest BCUT2D eigenvalue weighted by Crippen LogP contribution is 2.26. The largest absolute Gasteiger partial charge is 0.497 e. The van der Waals surface area contributed by atoms with Gasteiger partial charge in [0.25, 0.3) is 0 Å². The van der Waals surface area contributed by atoms with Gasteiger partial charge in [0.1, 0.15) is 11.8 Å². The van der Waals surface area contributed by atoms with Crippen LogP contribution in [0.1, 0.15) is 19.4 Å². The van der Waals surface area contributed by atoms with Crippen molar-refractivity contribution < 1.29 is 4.74 Å². The van der Waals surface area contributed by atoms with Gasteiger partial charge in [0.2, 0.25) is 0 Å². The van der Waals surface area contributed by atoms with Gasteiger partial charge in [-0.25, -0.2) is 0 Å². The quantitative estimate of drug-likeness (QED) is 0.844. The van der Waals surface area contributed by atoms with Crippen molar-refractivity contribution in [3.63, 3.8) is 0 Å². The molecule has 0 amide bonds. The van der Waals surface area contributed by atoms with E-state index in [1.54, 1.807) is 7.11 Å². The summed E-state index contributed by atoms with van der Waals surface area (Å²) in [6.45, 7) is 9.70. The minimum absolute atomic E-state index is 0.702. The Hall–Kier alpha value is -1.73. The molecule has 0 bridgehead atoms. The standard InChI is InChI=1S/C16H23N3O/c1-13(2)12-18-6-8-19(9-7-18)16-10-15(20-3)5-4-14(16)11-17/h4-5,10,13H,6-9,12H2,1-3H3. The lowest BCUT2D eigenvalue weighted by Gasteiger charge is -2.37. The molecule has 0 N–H and O–H groups in total. The lowest BCUT2D eigenvalue weighted by atomic mass is 10.1. The van der Waals surface area contributed by atoms with Crippen LogP contribution < -0.4 is 9.64 Å². The van der Waals surface area contributed by atoms with Crippen molar-refractivity contribution in [3.8, 4) is 11.8 Å². The van der Waals surface area contributed by atoms with E-state index in [-0.39, 0.29) is 0 Å². The third-order valence-corrected chi connectivity index (χ3v) is 3.66. The first kappa shape index (κ1) is 14.7. The predicted octanol–water partition coefficient (Wildman–Crippen LogP) is 2.34. The number of hydrogen-bond donors (Lipinski definition) is 0. The Bertz CT molecular complexity index is 485. The Balaban J connectivity index is 2.08. The molecule has 0 unspecified atom stereocenters. The van der Waals surface area contributed by atoms with Crippen molar-refractivity contribution in [2.45, 2.75) is 13.8 Å². The second-order valence-electron chi connectivity index (χ2n) is 5.68. The zero-order chi connectivity index (χ0) is 14.5.